The highest BCUT2D eigenvalue weighted by molar-refractivity contribution is 6.21. The van der Waals surface area contributed by atoms with Crippen LogP contribution in [0.2, 0.25) is 0 Å². The molecule has 1 aromatic heterocycles. The summed E-state index contributed by atoms with van der Waals surface area (Å²) in [5.74, 6) is -0.625. The normalized spacial score (nSPS) is 13.1. The number of carbonyl (C=O) groups is 2. The summed E-state index contributed by atoms with van der Waals surface area (Å²) in [7, 11) is 0. The minimum Gasteiger partial charge on any atom is -0.289 e. The Labute approximate surface area is 118 Å². The molecule has 21 heavy (non-hydrogen) atoms. The Morgan fingerprint density at radius 2 is 1.76 bits per heavy atom. The van der Waals surface area contributed by atoms with Crippen LogP contribution in [-0.4, -0.2) is 21.5 Å². The fourth-order valence-corrected chi connectivity index (χ4v) is 2.11. The molecule has 1 aliphatic rings. The molecule has 0 fully saturated rings. The number of nitrogens with zero attached hydrogens (tertiary/aromatic N) is 2. The van der Waals surface area contributed by atoms with E-state index in [1.165, 1.54) is 30.4 Å². The van der Waals surface area contributed by atoms with Crippen LogP contribution in [0.1, 0.15) is 20.8 Å². The Bertz CT molecular complexity index is 824. The van der Waals surface area contributed by atoms with Crippen LogP contribution in [0, 0.1) is 10.1 Å². The van der Waals surface area contributed by atoms with Crippen LogP contribution in [0.3, 0.4) is 0 Å². The standard InChI is InChI=1S/C15H8N2O4/c18-13-6-7-14(19)15-11(13)4-5-12(16-15)9-2-1-3-10(8-9)17(20)21/h1-8H. The Morgan fingerprint density at radius 3 is 2.52 bits per heavy atom. The summed E-state index contributed by atoms with van der Waals surface area (Å²) in [6, 6.07) is 9.04. The smallest absolute Gasteiger partial charge is 0.270 e. The first-order valence-electron chi connectivity index (χ1n) is 6.09. The van der Waals surface area contributed by atoms with Crippen molar-refractivity contribution >= 4 is 17.3 Å². The molecule has 0 spiro atoms. The van der Waals surface area contributed by atoms with Gasteiger partial charge in [0.1, 0.15) is 5.69 Å². The van der Waals surface area contributed by atoms with E-state index in [1.54, 1.807) is 18.2 Å². The van der Waals surface area contributed by atoms with E-state index in [-0.39, 0.29) is 28.5 Å². The number of ketones is 2. The fourth-order valence-electron chi connectivity index (χ4n) is 2.11. The molecule has 0 atom stereocenters. The van der Waals surface area contributed by atoms with Crippen molar-refractivity contribution in [2.75, 3.05) is 0 Å². The van der Waals surface area contributed by atoms with Gasteiger partial charge in [0, 0.05) is 17.7 Å². The summed E-state index contributed by atoms with van der Waals surface area (Å²) in [4.78, 5) is 37.9. The van der Waals surface area contributed by atoms with Crippen molar-refractivity contribution in [3.63, 3.8) is 0 Å². The number of rotatable bonds is 2. The fraction of sp³-hybridized carbons (Fsp3) is 0. The topological polar surface area (TPSA) is 90.2 Å². The van der Waals surface area contributed by atoms with Crippen molar-refractivity contribution in [3.05, 3.63) is 69.9 Å². The maximum absolute atomic E-state index is 11.8. The number of fused-ring (bicyclic) bond motifs is 1. The van der Waals surface area contributed by atoms with Gasteiger partial charge in [-0.3, -0.25) is 19.7 Å². The molecule has 0 aliphatic heterocycles. The molecule has 1 aromatic carbocycles. The van der Waals surface area contributed by atoms with Gasteiger partial charge in [-0.2, -0.15) is 0 Å². The number of carbonyl (C=O) groups excluding carboxylic acids is 2. The third-order valence-corrected chi connectivity index (χ3v) is 3.13. The van der Waals surface area contributed by atoms with Gasteiger partial charge in [-0.05, 0) is 24.3 Å². The Hall–Kier alpha value is -3.15. The number of hydrogen-bond acceptors (Lipinski definition) is 5. The predicted molar refractivity (Wildman–Crippen MR) is 74.1 cm³/mol. The summed E-state index contributed by atoms with van der Waals surface area (Å²) in [6.07, 6.45) is 2.38. The van der Waals surface area contributed by atoms with Crippen LogP contribution in [0.4, 0.5) is 5.69 Å². The van der Waals surface area contributed by atoms with Gasteiger partial charge in [0.15, 0.2) is 5.78 Å². The SMILES string of the molecule is O=C1C=CC(=O)c2nc(-c3cccc([N+](=O)[O-])c3)ccc21. The molecule has 6 heteroatoms. The van der Waals surface area contributed by atoms with Crippen molar-refractivity contribution in [3.8, 4) is 11.3 Å². The van der Waals surface area contributed by atoms with Gasteiger partial charge in [-0.1, -0.05) is 12.1 Å². The number of hydrogen-bond donors (Lipinski definition) is 0. The van der Waals surface area contributed by atoms with Crippen molar-refractivity contribution in [1.29, 1.82) is 0 Å². The van der Waals surface area contributed by atoms with E-state index in [9.17, 15) is 19.7 Å². The third kappa shape index (κ3) is 2.23. The number of benzene rings is 1. The van der Waals surface area contributed by atoms with Crippen LogP contribution in [-0.2, 0) is 0 Å². The lowest BCUT2D eigenvalue weighted by Crippen LogP contribution is -2.13. The van der Waals surface area contributed by atoms with Gasteiger partial charge in [0.05, 0.1) is 16.2 Å². The van der Waals surface area contributed by atoms with E-state index in [0.717, 1.165) is 0 Å². The largest absolute Gasteiger partial charge is 0.289 e. The predicted octanol–water partition coefficient (Wildman–Crippen LogP) is 2.59. The number of nitro benzene ring substituents is 1. The van der Waals surface area contributed by atoms with E-state index >= 15 is 0 Å². The van der Waals surface area contributed by atoms with Crippen LogP contribution < -0.4 is 0 Å². The minimum absolute atomic E-state index is 0.0608. The molecule has 1 aliphatic carbocycles. The number of nitro groups is 1. The lowest BCUT2D eigenvalue weighted by atomic mass is 9.98. The quantitative estimate of drug-likeness (QED) is 0.623. The molecule has 102 valence electrons. The summed E-state index contributed by atoms with van der Waals surface area (Å²) >= 11 is 0. The maximum Gasteiger partial charge on any atom is 0.270 e. The minimum atomic E-state index is -0.501. The highest BCUT2D eigenvalue weighted by Gasteiger charge is 2.21. The molecule has 3 rings (SSSR count). The van der Waals surface area contributed by atoms with E-state index in [2.05, 4.69) is 4.98 Å². The summed E-state index contributed by atoms with van der Waals surface area (Å²) in [5, 5.41) is 10.8. The second-order valence-electron chi connectivity index (χ2n) is 4.46. The van der Waals surface area contributed by atoms with E-state index in [4.69, 9.17) is 0 Å². The lowest BCUT2D eigenvalue weighted by Gasteiger charge is -2.09. The molecule has 0 saturated heterocycles. The van der Waals surface area contributed by atoms with Gasteiger partial charge in [0.2, 0.25) is 5.78 Å². The molecule has 0 N–H and O–H groups in total. The van der Waals surface area contributed by atoms with Crippen LogP contribution in [0.15, 0.2) is 48.6 Å². The molecule has 0 amide bonds. The molecule has 0 saturated carbocycles. The zero-order valence-electron chi connectivity index (χ0n) is 10.6. The Balaban J connectivity index is 2.12. The van der Waals surface area contributed by atoms with Crippen molar-refractivity contribution < 1.29 is 14.5 Å². The first-order chi connectivity index (χ1) is 10.1. The average molecular weight is 280 g/mol. The van der Waals surface area contributed by atoms with E-state index < -0.39 is 4.92 Å². The second kappa shape index (κ2) is 4.75. The maximum atomic E-state index is 11.8. The zero-order valence-corrected chi connectivity index (χ0v) is 10.6. The van der Waals surface area contributed by atoms with Crippen molar-refractivity contribution in [1.82, 2.24) is 4.98 Å². The summed E-state index contributed by atoms with van der Waals surface area (Å²) in [5.41, 5.74) is 1.19. The van der Waals surface area contributed by atoms with Crippen LogP contribution >= 0.6 is 0 Å². The van der Waals surface area contributed by atoms with Gasteiger partial charge in [-0.15, -0.1) is 0 Å². The highest BCUT2D eigenvalue weighted by atomic mass is 16.6. The molecular weight excluding hydrogens is 272 g/mol. The number of non-ortho nitro benzene ring substituents is 1. The van der Waals surface area contributed by atoms with E-state index in [1.807, 2.05) is 0 Å². The van der Waals surface area contributed by atoms with Gasteiger partial charge in [0.25, 0.3) is 5.69 Å². The average Bonchev–Trinajstić information content (AvgIpc) is 2.51. The molecule has 6 nitrogen and oxygen atoms in total. The van der Waals surface area contributed by atoms with Gasteiger partial charge < -0.3 is 0 Å². The molecule has 0 unspecified atom stereocenters. The number of pyridine rings is 1. The molecular formula is C15H8N2O4. The second-order valence-corrected chi connectivity index (χ2v) is 4.46. The lowest BCUT2D eigenvalue weighted by molar-refractivity contribution is -0.384. The van der Waals surface area contributed by atoms with Gasteiger partial charge >= 0.3 is 0 Å². The number of allylic oxidation sites excluding steroid dienone is 2. The monoisotopic (exact) mass is 280 g/mol. The van der Waals surface area contributed by atoms with E-state index in [0.29, 0.717) is 11.3 Å². The highest BCUT2D eigenvalue weighted by Crippen LogP contribution is 2.25. The van der Waals surface area contributed by atoms with Crippen LogP contribution in [0.5, 0.6) is 0 Å². The first-order valence-corrected chi connectivity index (χ1v) is 6.09. The first kappa shape index (κ1) is 12.9. The number of aromatic nitrogens is 1. The van der Waals surface area contributed by atoms with Crippen molar-refractivity contribution in [2.24, 2.45) is 0 Å². The Kier molecular flexibility index (Phi) is 2.91. The molecule has 0 bridgehead atoms. The molecule has 1 heterocycles. The van der Waals surface area contributed by atoms with Crippen molar-refractivity contribution in [2.45, 2.75) is 0 Å². The molecule has 2 aromatic rings. The van der Waals surface area contributed by atoms with Gasteiger partial charge in [-0.25, -0.2) is 4.98 Å². The Morgan fingerprint density at radius 1 is 1.00 bits per heavy atom. The third-order valence-electron chi connectivity index (χ3n) is 3.13. The summed E-state index contributed by atoms with van der Waals surface area (Å²) < 4.78 is 0. The van der Waals surface area contributed by atoms with Crippen LogP contribution in [0.25, 0.3) is 11.3 Å². The molecule has 0 radical (unpaired) electrons. The zero-order chi connectivity index (χ0) is 15.0. The summed E-state index contributed by atoms with van der Waals surface area (Å²) in [6.45, 7) is 0.